The van der Waals surface area contributed by atoms with E-state index in [0.29, 0.717) is 0 Å². The van der Waals surface area contributed by atoms with Gasteiger partial charge in [-0.15, -0.1) is 0 Å². The minimum Gasteiger partial charge on any atom is -0.379 e. The van der Waals surface area contributed by atoms with Gasteiger partial charge < -0.3 is 15.1 Å². The Morgan fingerprint density at radius 2 is 1.05 bits per heavy atom. The molecule has 0 spiro atoms. The lowest BCUT2D eigenvalue weighted by atomic mass is 10.3. The molecule has 2 N–H and O–H groups in total. The largest absolute Gasteiger partial charge is 0.379 e. The van der Waals surface area contributed by atoms with E-state index in [1.165, 1.54) is 0 Å². The molecule has 5 heteroatoms. The molecular formula is C14H33N3O2. The number of hydrogen-bond donors (Lipinski definition) is 2. The van der Waals surface area contributed by atoms with Gasteiger partial charge in [0.05, 0.1) is 0 Å². The van der Waals surface area contributed by atoms with Gasteiger partial charge in [0.2, 0.25) is 0 Å². The Kier molecular flexibility index (Phi) is 10.5. The lowest BCUT2D eigenvalue weighted by molar-refractivity contribution is 0.00667. The number of hydrogen-bond acceptors (Lipinski definition) is 5. The number of aliphatic hydroxyl groups excluding tert-OH is 2. The highest BCUT2D eigenvalue weighted by Crippen LogP contribution is 1.99. The van der Waals surface area contributed by atoms with E-state index in [1.807, 2.05) is 13.8 Å². The molecule has 5 nitrogen and oxygen atoms in total. The Bertz CT molecular complexity index is 193. The topological polar surface area (TPSA) is 50.2 Å². The van der Waals surface area contributed by atoms with Gasteiger partial charge in [0.25, 0.3) is 0 Å². The highest BCUT2D eigenvalue weighted by molar-refractivity contribution is 4.65. The Hall–Kier alpha value is -0.200. The van der Waals surface area contributed by atoms with Crippen LogP contribution in [0.1, 0.15) is 34.6 Å². The number of nitrogens with zero attached hydrogens (tertiary/aromatic N) is 3. The standard InChI is InChI=1S/C14H33N3O2/c1-6-15(9-11-16(7-2)13(4)18)10-12-17(8-3)14(5)19/h13-14,18-19H,6-12H2,1-5H3. The van der Waals surface area contributed by atoms with Crippen molar-refractivity contribution in [2.45, 2.75) is 47.1 Å². The minimum absolute atomic E-state index is 0.381. The van der Waals surface area contributed by atoms with Crippen molar-refractivity contribution in [3.8, 4) is 0 Å². The molecule has 0 aromatic carbocycles. The maximum absolute atomic E-state index is 9.59. The van der Waals surface area contributed by atoms with Gasteiger partial charge >= 0.3 is 0 Å². The van der Waals surface area contributed by atoms with Crippen LogP contribution in [0.2, 0.25) is 0 Å². The number of likely N-dealkylation sites (N-methyl/N-ethyl adjacent to an activating group) is 3. The summed E-state index contributed by atoms with van der Waals surface area (Å²) >= 11 is 0. The van der Waals surface area contributed by atoms with Gasteiger partial charge in [0.1, 0.15) is 12.5 Å². The van der Waals surface area contributed by atoms with Crippen LogP contribution in [0, 0.1) is 0 Å². The van der Waals surface area contributed by atoms with Crippen LogP contribution in [0.3, 0.4) is 0 Å². The van der Waals surface area contributed by atoms with Gasteiger partial charge in [-0.05, 0) is 33.5 Å². The first-order valence-electron chi connectivity index (χ1n) is 7.52. The molecule has 116 valence electrons. The minimum atomic E-state index is -0.381. The molecule has 0 fully saturated rings. The quantitative estimate of drug-likeness (QED) is 0.542. The molecule has 0 saturated carbocycles. The van der Waals surface area contributed by atoms with Gasteiger partial charge in [-0.3, -0.25) is 9.80 Å². The molecule has 2 unspecified atom stereocenters. The first kappa shape index (κ1) is 18.8. The predicted octanol–water partition coefficient (Wildman–Crippen LogP) is 0.629. The molecule has 0 rings (SSSR count). The van der Waals surface area contributed by atoms with Crippen LogP contribution in [0.4, 0.5) is 0 Å². The van der Waals surface area contributed by atoms with Gasteiger partial charge in [0.15, 0.2) is 0 Å². The zero-order chi connectivity index (χ0) is 14.8. The van der Waals surface area contributed by atoms with Gasteiger partial charge in [0, 0.05) is 26.2 Å². The van der Waals surface area contributed by atoms with Crippen LogP contribution in [-0.2, 0) is 0 Å². The van der Waals surface area contributed by atoms with E-state index in [0.717, 1.165) is 45.8 Å². The van der Waals surface area contributed by atoms with E-state index in [2.05, 4.69) is 35.5 Å². The molecule has 0 amide bonds. The van der Waals surface area contributed by atoms with Crippen molar-refractivity contribution < 1.29 is 10.2 Å². The molecule has 2 atom stereocenters. The van der Waals surface area contributed by atoms with Crippen LogP contribution in [-0.4, -0.2) is 83.2 Å². The lowest BCUT2D eigenvalue weighted by Gasteiger charge is -2.30. The van der Waals surface area contributed by atoms with E-state index in [4.69, 9.17) is 0 Å². The summed E-state index contributed by atoms with van der Waals surface area (Å²) in [5, 5.41) is 19.2. The summed E-state index contributed by atoms with van der Waals surface area (Å²) in [5.41, 5.74) is 0. The molecule has 0 aromatic rings. The molecule has 0 bridgehead atoms. The number of aliphatic hydroxyl groups is 2. The highest BCUT2D eigenvalue weighted by Gasteiger charge is 2.13. The molecule has 0 heterocycles. The van der Waals surface area contributed by atoms with Crippen molar-refractivity contribution in [1.29, 1.82) is 0 Å². The normalized spacial score (nSPS) is 15.5. The van der Waals surface area contributed by atoms with Crippen molar-refractivity contribution in [3.05, 3.63) is 0 Å². The second-order valence-electron chi connectivity index (χ2n) is 4.96. The van der Waals surface area contributed by atoms with Crippen molar-refractivity contribution >= 4 is 0 Å². The maximum atomic E-state index is 9.59. The van der Waals surface area contributed by atoms with E-state index in [1.54, 1.807) is 0 Å². The first-order chi connectivity index (χ1) is 8.96. The fourth-order valence-electron chi connectivity index (χ4n) is 2.19. The zero-order valence-electron chi connectivity index (χ0n) is 13.3. The average Bonchev–Trinajstić information content (AvgIpc) is 2.36. The third-order valence-corrected chi connectivity index (χ3v) is 3.72. The van der Waals surface area contributed by atoms with Gasteiger partial charge in [-0.2, -0.15) is 0 Å². The summed E-state index contributed by atoms with van der Waals surface area (Å²) in [6.07, 6.45) is -0.762. The van der Waals surface area contributed by atoms with E-state index in [-0.39, 0.29) is 12.5 Å². The van der Waals surface area contributed by atoms with Crippen molar-refractivity contribution in [1.82, 2.24) is 14.7 Å². The summed E-state index contributed by atoms with van der Waals surface area (Å²) in [7, 11) is 0. The Balaban J connectivity index is 4.07. The second kappa shape index (κ2) is 10.6. The van der Waals surface area contributed by atoms with Crippen LogP contribution < -0.4 is 0 Å². The van der Waals surface area contributed by atoms with Crippen LogP contribution in [0.15, 0.2) is 0 Å². The van der Waals surface area contributed by atoms with Crippen molar-refractivity contribution in [2.24, 2.45) is 0 Å². The Labute approximate surface area is 118 Å². The summed E-state index contributed by atoms with van der Waals surface area (Å²) in [6.45, 7) is 16.3. The molecule has 0 aromatic heterocycles. The Morgan fingerprint density at radius 1 is 0.684 bits per heavy atom. The summed E-state index contributed by atoms with van der Waals surface area (Å²) < 4.78 is 0. The maximum Gasteiger partial charge on any atom is 0.104 e. The van der Waals surface area contributed by atoms with E-state index < -0.39 is 0 Å². The second-order valence-corrected chi connectivity index (χ2v) is 4.96. The van der Waals surface area contributed by atoms with Crippen molar-refractivity contribution in [2.75, 3.05) is 45.8 Å². The molecule has 0 saturated heterocycles. The molecule has 0 aliphatic heterocycles. The number of rotatable bonds is 11. The fraction of sp³-hybridized carbons (Fsp3) is 1.00. The lowest BCUT2D eigenvalue weighted by Crippen LogP contribution is -2.43. The molecular weight excluding hydrogens is 242 g/mol. The van der Waals surface area contributed by atoms with Crippen LogP contribution >= 0.6 is 0 Å². The molecule has 0 aliphatic rings. The third kappa shape index (κ3) is 7.84. The molecule has 19 heavy (non-hydrogen) atoms. The summed E-state index contributed by atoms with van der Waals surface area (Å²) in [5.74, 6) is 0. The monoisotopic (exact) mass is 275 g/mol. The summed E-state index contributed by atoms with van der Waals surface area (Å²) in [6, 6.07) is 0. The SMILES string of the molecule is CCN(CCN(CC)C(C)O)CCN(CC)C(C)O. The smallest absolute Gasteiger partial charge is 0.104 e. The highest BCUT2D eigenvalue weighted by atomic mass is 16.3. The Morgan fingerprint density at radius 3 is 1.26 bits per heavy atom. The van der Waals surface area contributed by atoms with E-state index in [9.17, 15) is 10.2 Å². The first-order valence-corrected chi connectivity index (χ1v) is 7.52. The molecule has 0 radical (unpaired) electrons. The average molecular weight is 275 g/mol. The van der Waals surface area contributed by atoms with Crippen LogP contribution in [0.5, 0.6) is 0 Å². The zero-order valence-corrected chi connectivity index (χ0v) is 13.3. The predicted molar refractivity (Wildman–Crippen MR) is 80.0 cm³/mol. The summed E-state index contributed by atoms with van der Waals surface area (Å²) in [4.78, 5) is 6.46. The van der Waals surface area contributed by atoms with Crippen molar-refractivity contribution in [3.63, 3.8) is 0 Å². The third-order valence-electron chi connectivity index (χ3n) is 3.72. The fourth-order valence-corrected chi connectivity index (χ4v) is 2.19. The van der Waals surface area contributed by atoms with E-state index >= 15 is 0 Å². The molecule has 0 aliphatic carbocycles. The van der Waals surface area contributed by atoms with Crippen LogP contribution in [0.25, 0.3) is 0 Å². The van der Waals surface area contributed by atoms with Gasteiger partial charge in [-0.1, -0.05) is 20.8 Å². The van der Waals surface area contributed by atoms with Gasteiger partial charge in [-0.25, -0.2) is 0 Å².